The maximum Gasteiger partial charge on any atom is 0.120 e. The molecule has 1 fully saturated rings. The number of hydrogen-bond donors (Lipinski definition) is 2. The van der Waals surface area contributed by atoms with E-state index < -0.39 is 12.2 Å². The SMILES string of the molecule is CCC#C[C@H](O)[C@@H]1[C@H]2CC(CCCCCN(C)C)=C[C@H]2C[C@H]1O. The topological polar surface area (TPSA) is 43.7 Å². The van der Waals surface area contributed by atoms with Crippen LogP contribution in [-0.2, 0) is 0 Å². The van der Waals surface area contributed by atoms with Gasteiger partial charge in [-0.25, -0.2) is 0 Å². The van der Waals surface area contributed by atoms with Gasteiger partial charge in [0.2, 0.25) is 0 Å². The van der Waals surface area contributed by atoms with Crippen LogP contribution < -0.4 is 0 Å². The molecule has 0 aromatic carbocycles. The number of hydrogen-bond acceptors (Lipinski definition) is 3. The molecule has 0 spiro atoms. The Hall–Kier alpha value is -0.820. The lowest BCUT2D eigenvalue weighted by molar-refractivity contribution is 0.0413. The van der Waals surface area contributed by atoms with Gasteiger partial charge in [-0.2, -0.15) is 0 Å². The minimum atomic E-state index is -0.673. The molecule has 0 aliphatic heterocycles. The fourth-order valence-electron chi connectivity index (χ4n) is 4.22. The first-order chi connectivity index (χ1) is 11.0. The smallest absolute Gasteiger partial charge is 0.120 e. The summed E-state index contributed by atoms with van der Waals surface area (Å²) < 4.78 is 0. The molecule has 2 rings (SSSR count). The van der Waals surface area contributed by atoms with Crippen molar-refractivity contribution in [2.75, 3.05) is 20.6 Å². The molecule has 130 valence electrons. The van der Waals surface area contributed by atoms with Crippen LogP contribution >= 0.6 is 0 Å². The average molecular weight is 319 g/mol. The molecule has 5 atom stereocenters. The minimum Gasteiger partial charge on any atom is -0.393 e. The molecule has 0 aromatic heterocycles. The van der Waals surface area contributed by atoms with E-state index in [2.05, 4.69) is 36.9 Å². The van der Waals surface area contributed by atoms with Crippen LogP contribution in [0.15, 0.2) is 11.6 Å². The monoisotopic (exact) mass is 319 g/mol. The summed E-state index contributed by atoms with van der Waals surface area (Å²) in [4.78, 5) is 2.24. The van der Waals surface area contributed by atoms with Crippen molar-refractivity contribution in [2.45, 2.75) is 64.1 Å². The molecule has 0 amide bonds. The summed E-state index contributed by atoms with van der Waals surface area (Å²) in [5, 5.41) is 20.6. The van der Waals surface area contributed by atoms with Gasteiger partial charge in [-0.1, -0.05) is 30.9 Å². The zero-order valence-corrected chi connectivity index (χ0v) is 15.0. The summed E-state index contributed by atoms with van der Waals surface area (Å²) in [6.07, 6.45) is 8.89. The molecule has 2 aliphatic rings. The van der Waals surface area contributed by atoms with E-state index in [1.165, 1.54) is 37.8 Å². The highest BCUT2D eigenvalue weighted by Gasteiger charge is 2.47. The Balaban J connectivity index is 1.80. The molecule has 0 heterocycles. The molecular formula is C20H33NO2. The molecule has 2 aliphatic carbocycles. The third-order valence-corrected chi connectivity index (χ3v) is 5.34. The van der Waals surface area contributed by atoms with Gasteiger partial charge < -0.3 is 15.1 Å². The number of fused-ring (bicyclic) bond motifs is 1. The van der Waals surface area contributed by atoms with Gasteiger partial charge in [-0.05, 0) is 64.6 Å². The van der Waals surface area contributed by atoms with Crippen LogP contribution in [0.4, 0.5) is 0 Å². The lowest BCUT2D eigenvalue weighted by atomic mass is 9.85. The van der Waals surface area contributed by atoms with Gasteiger partial charge in [0.15, 0.2) is 0 Å². The molecular weight excluding hydrogens is 286 g/mol. The van der Waals surface area contributed by atoms with Crippen LogP contribution in [0, 0.1) is 29.6 Å². The molecule has 1 saturated carbocycles. The van der Waals surface area contributed by atoms with Crippen LogP contribution in [0.1, 0.15) is 51.9 Å². The van der Waals surface area contributed by atoms with Crippen molar-refractivity contribution in [3.8, 4) is 11.8 Å². The van der Waals surface area contributed by atoms with E-state index in [1.807, 2.05) is 6.92 Å². The normalized spacial score (nSPS) is 30.8. The minimum absolute atomic E-state index is 0.0680. The van der Waals surface area contributed by atoms with Crippen LogP contribution in [0.5, 0.6) is 0 Å². The van der Waals surface area contributed by atoms with Crippen LogP contribution in [0.3, 0.4) is 0 Å². The van der Waals surface area contributed by atoms with Crippen LogP contribution in [0.25, 0.3) is 0 Å². The number of rotatable bonds is 7. The first-order valence-electron chi connectivity index (χ1n) is 9.21. The van der Waals surface area contributed by atoms with Crippen molar-refractivity contribution in [3.63, 3.8) is 0 Å². The molecule has 0 aromatic rings. The highest BCUT2D eigenvalue weighted by molar-refractivity contribution is 5.21. The number of nitrogens with zero attached hydrogens (tertiary/aromatic N) is 1. The number of allylic oxidation sites excluding steroid dienone is 2. The third kappa shape index (κ3) is 5.08. The second kappa shape index (κ2) is 8.87. The number of unbranched alkanes of at least 4 members (excludes halogenated alkanes) is 2. The molecule has 23 heavy (non-hydrogen) atoms. The van der Waals surface area contributed by atoms with E-state index in [0.717, 1.165) is 19.3 Å². The van der Waals surface area contributed by atoms with Crippen LogP contribution in [-0.4, -0.2) is 48.0 Å². The van der Waals surface area contributed by atoms with E-state index in [4.69, 9.17) is 0 Å². The lowest BCUT2D eigenvalue weighted by Gasteiger charge is -2.23. The lowest BCUT2D eigenvalue weighted by Crippen LogP contribution is -2.31. The molecule has 3 heteroatoms. The Kier molecular flexibility index (Phi) is 7.14. The highest BCUT2D eigenvalue weighted by Crippen LogP contribution is 2.48. The Morgan fingerprint density at radius 2 is 2.09 bits per heavy atom. The molecule has 0 unspecified atom stereocenters. The van der Waals surface area contributed by atoms with Crippen LogP contribution in [0.2, 0.25) is 0 Å². The maximum atomic E-state index is 10.3. The summed E-state index contributed by atoms with van der Waals surface area (Å²) in [5.74, 6) is 6.65. The Labute approximate surface area is 141 Å². The van der Waals surface area contributed by atoms with E-state index in [1.54, 1.807) is 0 Å². The van der Waals surface area contributed by atoms with E-state index >= 15 is 0 Å². The predicted octanol–water partition coefficient (Wildman–Crippen LogP) is 2.83. The second-order valence-corrected chi connectivity index (χ2v) is 7.47. The van der Waals surface area contributed by atoms with Gasteiger partial charge >= 0.3 is 0 Å². The van der Waals surface area contributed by atoms with Crippen molar-refractivity contribution in [3.05, 3.63) is 11.6 Å². The first kappa shape index (κ1) is 18.5. The quantitative estimate of drug-likeness (QED) is 0.431. The number of aliphatic hydroxyl groups excluding tert-OH is 2. The molecule has 0 radical (unpaired) electrons. The first-order valence-corrected chi connectivity index (χ1v) is 9.21. The van der Waals surface area contributed by atoms with Crippen molar-refractivity contribution in [2.24, 2.45) is 17.8 Å². The highest BCUT2D eigenvalue weighted by atomic mass is 16.3. The fourth-order valence-corrected chi connectivity index (χ4v) is 4.22. The van der Waals surface area contributed by atoms with Crippen molar-refractivity contribution >= 4 is 0 Å². The van der Waals surface area contributed by atoms with Gasteiger partial charge in [-0.15, -0.1) is 5.92 Å². The zero-order valence-electron chi connectivity index (χ0n) is 15.0. The average Bonchev–Trinajstić information content (AvgIpc) is 2.99. The molecule has 0 bridgehead atoms. The van der Waals surface area contributed by atoms with Crippen molar-refractivity contribution in [1.82, 2.24) is 4.90 Å². The molecule has 2 N–H and O–H groups in total. The Bertz CT molecular complexity index is 460. The van der Waals surface area contributed by atoms with Gasteiger partial charge in [-0.3, -0.25) is 0 Å². The zero-order chi connectivity index (χ0) is 16.8. The van der Waals surface area contributed by atoms with E-state index in [0.29, 0.717) is 11.8 Å². The summed E-state index contributed by atoms with van der Waals surface area (Å²) in [7, 11) is 4.25. The standard InChI is InChI=1S/C20H33NO2/c1-4-5-10-18(22)20-17-13-15(12-16(17)14-19(20)23)9-7-6-8-11-21(2)3/h12,16-20,22-23H,4,6-9,11,13-14H2,1-3H3/t16-,17-,18-,19+,20-/m0/s1. The summed E-state index contributed by atoms with van der Waals surface area (Å²) in [5.41, 5.74) is 1.54. The summed E-state index contributed by atoms with van der Waals surface area (Å²) in [6, 6.07) is 0. The Morgan fingerprint density at radius 1 is 1.30 bits per heavy atom. The van der Waals surface area contributed by atoms with Gasteiger partial charge in [0.25, 0.3) is 0 Å². The maximum absolute atomic E-state index is 10.3. The largest absolute Gasteiger partial charge is 0.393 e. The second-order valence-electron chi connectivity index (χ2n) is 7.47. The number of aliphatic hydroxyl groups is 2. The van der Waals surface area contributed by atoms with Gasteiger partial charge in [0, 0.05) is 12.3 Å². The van der Waals surface area contributed by atoms with Gasteiger partial charge in [0.05, 0.1) is 6.10 Å². The third-order valence-electron chi connectivity index (χ3n) is 5.34. The van der Waals surface area contributed by atoms with E-state index in [9.17, 15) is 10.2 Å². The fraction of sp³-hybridized carbons (Fsp3) is 0.800. The molecule has 0 saturated heterocycles. The predicted molar refractivity (Wildman–Crippen MR) is 94.9 cm³/mol. The Morgan fingerprint density at radius 3 is 2.78 bits per heavy atom. The summed E-state index contributed by atoms with van der Waals surface area (Å²) >= 11 is 0. The van der Waals surface area contributed by atoms with Crippen molar-refractivity contribution < 1.29 is 10.2 Å². The van der Waals surface area contributed by atoms with E-state index in [-0.39, 0.29) is 5.92 Å². The van der Waals surface area contributed by atoms with Crippen molar-refractivity contribution in [1.29, 1.82) is 0 Å². The van der Waals surface area contributed by atoms with Gasteiger partial charge in [0.1, 0.15) is 6.10 Å². The molecule has 3 nitrogen and oxygen atoms in total. The summed E-state index contributed by atoms with van der Waals surface area (Å²) in [6.45, 7) is 3.15.